The highest BCUT2D eigenvalue weighted by Gasteiger charge is 2.09. The van der Waals surface area contributed by atoms with E-state index in [2.05, 4.69) is 70.7 Å². The summed E-state index contributed by atoms with van der Waals surface area (Å²) in [4.78, 5) is 5.04. The van der Waals surface area contributed by atoms with E-state index in [0.29, 0.717) is 0 Å². The third kappa shape index (κ3) is 14.5. The number of ether oxygens (including phenoxy) is 2. The molecular weight excluding hydrogens is 496 g/mol. The molecule has 2 N–H and O–H groups in total. The SMILES string of the molecule is CCN(CCCCCCNCCNCCCCCCN(CC)Cc1ccccc1OC)Cc1ccccc1OC. The first-order chi connectivity index (χ1) is 19.7. The monoisotopic (exact) mass is 554 g/mol. The van der Waals surface area contributed by atoms with Crippen molar-refractivity contribution in [3.8, 4) is 11.5 Å². The van der Waals surface area contributed by atoms with Crippen molar-refractivity contribution in [2.24, 2.45) is 0 Å². The minimum absolute atomic E-state index is 0.970. The van der Waals surface area contributed by atoms with Gasteiger partial charge >= 0.3 is 0 Å². The molecule has 0 saturated carbocycles. The highest BCUT2D eigenvalue weighted by molar-refractivity contribution is 5.33. The Labute approximate surface area is 245 Å². The van der Waals surface area contributed by atoms with E-state index >= 15 is 0 Å². The second-order valence-electron chi connectivity index (χ2n) is 10.7. The zero-order chi connectivity index (χ0) is 28.7. The standard InChI is InChI=1S/C34H58N4O2/c1-5-37(29-31-19-11-13-21-33(31)39-3)27-17-9-7-15-23-35-25-26-36-24-16-8-10-18-28-38(6-2)30-32-20-12-14-22-34(32)40-4/h11-14,19-22,35-36H,5-10,15-18,23-30H2,1-4H3. The highest BCUT2D eigenvalue weighted by atomic mass is 16.5. The number of nitrogens with zero attached hydrogens (tertiary/aromatic N) is 2. The van der Waals surface area contributed by atoms with Crippen LogP contribution in [0.5, 0.6) is 11.5 Å². The predicted octanol–water partition coefficient (Wildman–Crippen LogP) is 6.35. The maximum absolute atomic E-state index is 5.51. The van der Waals surface area contributed by atoms with Gasteiger partial charge in [-0.25, -0.2) is 0 Å². The highest BCUT2D eigenvalue weighted by Crippen LogP contribution is 2.20. The van der Waals surface area contributed by atoms with E-state index in [-0.39, 0.29) is 0 Å². The van der Waals surface area contributed by atoms with Gasteiger partial charge in [-0.2, -0.15) is 0 Å². The quantitative estimate of drug-likeness (QED) is 0.140. The van der Waals surface area contributed by atoms with Crippen LogP contribution in [0, 0.1) is 0 Å². The van der Waals surface area contributed by atoms with E-state index < -0.39 is 0 Å². The summed E-state index contributed by atoms with van der Waals surface area (Å²) in [6, 6.07) is 16.7. The van der Waals surface area contributed by atoms with Gasteiger partial charge in [0.25, 0.3) is 0 Å². The van der Waals surface area contributed by atoms with Crippen LogP contribution in [0.15, 0.2) is 48.5 Å². The minimum Gasteiger partial charge on any atom is -0.496 e. The molecule has 226 valence electrons. The maximum atomic E-state index is 5.51. The molecule has 0 aliphatic carbocycles. The van der Waals surface area contributed by atoms with Gasteiger partial charge in [-0.05, 0) is 77.1 Å². The molecule has 0 amide bonds. The molecule has 0 aliphatic rings. The summed E-state index contributed by atoms with van der Waals surface area (Å²) in [5.41, 5.74) is 2.56. The summed E-state index contributed by atoms with van der Waals surface area (Å²) in [5.74, 6) is 1.99. The molecule has 0 heterocycles. The van der Waals surface area contributed by atoms with Gasteiger partial charge in [0.2, 0.25) is 0 Å². The number of unbranched alkanes of at least 4 members (excludes halogenated alkanes) is 6. The Morgan fingerprint density at radius 2 is 0.925 bits per heavy atom. The lowest BCUT2D eigenvalue weighted by Gasteiger charge is -2.21. The summed E-state index contributed by atoms with van der Waals surface area (Å²) in [7, 11) is 3.52. The molecule has 0 aromatic heterocycles. The number of hydrogen-bond donors (Lipinski definition) is 2. The number of para-hydroxylation sites is 2. The van der Waals surface area contributed by atoms with Gasteiger partial charge in [0.15, 0.2) is 0 Å². The van der Waals surface area contributed by atoms with Gasteiger partial charge in [0.1, 0.15) is 11.5 Å². The van der Waals surface area contributed by atoms with Crippen LogP contribution in [-0.2, 0) is 13.1 Å². The molecule has 0 saturated heterocycles. The van der Waals surface area contributed by atoms with E-state index in [1.54, 1.807) is 14.2 Å². The van der Waals surface area contributed by atoms with Crippen molar-refractivity contribution in [2.45, 2.75) is 78.3 Å². The first-order valence-electron chi connectivity index (χ1n) is 15.8. The van der Waals surface area contributed by atoms with Crippen LogP contribution in [0.1, 0.15) is 76.3 Å². The van der Waals surface area contributed by atoms with E-state index in [1.165, 1.54) is 62.5 Å². The van der Waals surface area contributed by atoms with Crippen LogP contribution >= 0.6 is 0 Å². The Bertz CT molecular complexity index is 807. The Morgan fingerprint density at radius 3 is 1.32 bits per heavy atom. The Balaban J connectivity index is 1.37. The second-order valence-corrected chi connectivity index (χ2v) is 10.7. The number of benzene rings is 2. The lowest BCUT2D eigenvalue weighted by atomic mass is 10.1. The molecule has 0 unspecified atom stereocenters. The first kappa shape index (κ1) is 34.1. The van der Waals surface area contributed by atoms with E-state index in [1.807, 2.05) is 12.1 Å². The summed E-state index contributed by atoms with van der Waals surface area (Å²) in [6.07, 6.45) is 10.3. The Hall–Kier alpha value is -2.12. The van der Waals surface area contributed by atoms with Gasteiger partial charge in [0, 0.05) is 37.3 Å². The molecular formula is C34H58N4O2. The predicted molar refractivity (Wildman–Crippen MR) is 171 cm³/mol. The third-order valence-corrected chi connectivity index (χ3v) is 7.70. The van der Waals surface area contributed by atoms with Crippen LogP contribution in [0.3, 0.4) is 0 Å². The summed E-state index contributed by atoms with van der Waals surface area (Å²) < 4.78 is 11.0. The molecule has 0 aliphatic heterocycles. The molecule has 0 radical (unpaired) electrons. The van der Waals surface area contributed by atoms with Crippen molar-refractivity contribution in [2.75, 3.05) is 66.6 Å². The van der Waals surface area contributed by atoms with Crippen molar-refractivity contribution in [3.63, 3.8) is 0 Å². The zero-order valence-corrected chi connectivity index (χ0v) is 26.1. The summed E-state index contributed by atoms with van der Waals surface area (Å²) >= 11 is 0. The average Bonchev–Trinajstić information content (AvgIpc) is 2.99. The molecule has 0 atom stereocenters. The molecule has 2 aromatic rings. The van der Waals surface area contributed by atoms with Gasteiger partial charge in [-0.1, -0.05) is 75.9 Å². The fourth-order valence-corrected chi connectivity index (χ4v) is 5.15. The lowest BCUT2D eigenvalue weighted by molar-refractivity contribution is 0.267. The minimum atomic E-state index is 0.970. The Kier molecular flexibility index (Phi) is 19.2. The molecule has 0 spiro atoms. The summed E-state index contributed by atoms with van der Waals surface area (Å²) in [5, 5.41) is 7.20. The molecule has 2 aromatic carbocycles. The maximum Gasteiger partial charge on any atom is 0.123 e. The molecule has 6 nitrogen and oxygen atoms in total. The van der Waals surface area contributed by atoms with Crippen molar-refractivity contribution in [1.82, 2.24) is 20.4 Å². The van der Waals surface area contributed by atoms with Crippen molar-refractivity contribution >= 4 is 0 Å². The molecule has 2 rings (SSSR count). The number of rotatable bonds is 25. The van der Waals surface area contributed by atoms with Gasteiger partial charge in [-0.15, -0.1) is 0 Å². The number of hydrogen-bond acceptors (Lipinski definition) is 6. The van der Waals surface area contributed by atoms with E-state index in [4.69, 9.17) is 9.47 Å². The normalized spacial score (nSPS) is 11.4. The first-order valence-corrected chi connectivity index (χ1v) is 15.8. The second kappa shape index (κ2) is 22.6. The smallest absolute Gasteiger partial charge is 0.123 e. The lowest BCUT2D eigenvalue weighted by Crippen LogP contribution is -2.28. The van der Waals surface area contributed by atoms with Crippen molar-refractivity contribution < 1.29 is 9.47 Å². The molecule has 0 fully saturated rings. The largest absolute Gasteiger partial charge is 0.496 e. The van der Waals surface area contributed by atoms with Crippen LogP contribution in [0.25, 0.3) is 0 Å². The average molecular weight is 555 g/mol. The zero-order valence-electron chi connectivity index (χ0n) is 26.1. The van der Waals surface area contributed by atoms with Crippen LogP contribution in [0.2, 0.25) is 0 Å². The van der Waals surface area contributed by atoms with Crippen molar-refractivity contribution in [3.05, 3.63) is 59.7 Å². The van der Waals surface area contributed by atoms with Crippen molar-refractivity contribution in [1.29, 1.82) is 0 Å². The molecule has 40 heavy (non-hydrogen) atoms. The van der Waals surface area contributed by atoms with Crippen LogP contribution in [0.4, 0.5) is 0 Å². The number of methoxy groups -OCH3 is 2. The van der Waals surface area contributed by atoms with Crippen LogP contribution < -0.4 is 20.1 Å². The fraction of sp³-hybridized carbons (Fsp3) is 0.647. The van der Waals surface area contributed by atoms with E-state index in [9.17, 15) is 0 Å². The number of nitrogens with one attached hydrogen (secondary N) is 2. The molecule has 6 heteroatoms. The molecule has 0 bridgehead atoms. The third-order valence-electron chi connectivity index (χ3n) is 7.70. The van der Waals surface area contributed by atoms with Crippen LogP contribution in [-0.4, -0.2) is 76.4 Å². The fourth-order valence-electron chi connectivity index (χ4n) is 5.15. The van der Waals surface area contributed by atoms with E-state index in [0.717, 1.165) is 76.9 Å². The summed E-state index contributed by atoms with van der Waals surface area (Å²) in [6.45, 7) is 15.3. The topological polar surface area (TPSA) is 49.0 Å². The Morgan fingerprint density at radius 1 is 0.525 bits per heavy atom. The van der Waals surface area contributed by atoms with Gasteiger partial charge < -0.3 is 20.1 Å². The van der Waals surface area contributed by atoms with Gasteiger partial charge in [0.05, 0.1) is 14.2 Å². The van der Waals surface area contributed by atoms with Gasteiger partial charge in [-0.3, -0.25) is 9.80 Å².